The Labute approximate surface area is 169 Å². The average Bonchev–Trinajstić information content (AvgIpc) is 3.31. The van der Waals surface area contributed by atoms with Gasteiger partial charge in [0.2, 0.25) is 0 Å². The van der Waals surface area contributed by atoms with Gasteiger partial charge in [0.1, 0.15) is 11.5 Å². The summed E-state index contributed by atoms with van der Waals surface area (Å²) in [4.78, 5) is 37.7. The summed E-state index contributed by atoms with van der Waals surface area (Å²) in [7, 11) is 0. The lowest BCUT2D eigenvalue weighted by molar-refractivity contribution is 0.0746. The van der Waals surface area contributed by atoms with E-state index >= 15 is 0 Å². The molecule has 152 valence electrons. The smallest absolute Gasteiger partial charge is 0.269 e. The molecule has 0 aliphatic carbocycles. The van der Waals surface area contributed by atoms with Gasteiger partial charge >= 0.3 is 0 Å². The number of amides is 2. The van der Waals surface area contributed by atoms with Crippen LogP contribution in [0.1, 0.15) is 33.7 Å². The summed E-state index contributed by atoms with van der Waals surface area (Å²) < 4.78 is 5.52. The molecule has 2 aliphatic rings. The van der Waals surface area contributed by atoms with E-state index in [9.17, 15) is 9.59 Å². The summed E-state index contributed by atoms with van der Waals surface area (Å²) in [5.41, 5.74) is 0.731. The van der Waals surface area contributed by atoms with E-state index in [1.54, 1.807) is 18.3 Å². The molecule has 4 heterocycles. The third kappa shape index (κ3) is 4.71. The van der Waals surface area contributed by atoms with E-state index in [-0.39, 0.29) is 23.6 Å². The van der Waals surface area contributed by atoms with Gasteiger partial charge in [-0.25, -0.2) is 4.98 Å². The molecule has 2 saturated heterocycles. The Balaban J connectivity index is 1.34. The lowest BCUT2D eigenvalue weighted by atomic mass is 10.1. The summed E-state index contributed by atoms with van der Waals surface area (Å²) in [6.07, 6.45) is 5.33. The molecule has 2 amide bonds. The van der Waals surface area contributed by atoms with Crippen molar-refractivity contribution in [3.05, 3.63) is 54.0 Å². The molecule has 1 unspecified atom stereocenters. The molecule has 0 radical (unpaired) electrons. The maximum atomic E-state index is 12.9. The van der Waals surface area contributed by atoms with Gasteiger partial charge in [0.15, 0.2) is 0 Å². The predicted molar refractivity (Wildman–Crippen MR) is 108 cm³/mol. The molecular weight excluding hydrogens is 370 g/mol. The average molecular weight is 395 g/mol. The standard InChI is InChI=1S/C21H25N5O3/c27-20(24-15-17-4-3-13-29-17)18-14-16(6-8-22-18)21(28)26-11-9-25(10-12-26)19-5-1-2-7-23-19/h1-2,5-8,14,17H,3-4,9-13,15H2,(H,24,27). The maximum absolute atomic E-state index is 12.9. The molecule has 2 aromatic heterocycles. The van der Waals surface area contributed by atoms with Gasteiger partial charge in [-0.3, -0.25) is 14.6 Å². The van der Waals surface area contributed by atoms with Crippen molar-refractivity contribution in [3.8, 4) is 0 Å². The summed E-state index contributed by atoms with van der Waals surface area (Å²) in [5.74, 6) is 0.560. The lowest BCUT2D eigenvalue weighted by Gasteiger charge is -2.35. The Morgan fingerprint density at radius 3 is 2.69 bits per heavy atom. The highest BCUT2D eigenvalue weighted by molar-refractivity contribution is 5.98. The number of pyridine rings is 2. The molecule has 2 aliphatic heterocycles. The minimum atomic E-state index is -0.282. The first kappa shape index (κ1) is 19.3. The third-order valence-electron chi connectivity index (χ3n) is 5.29. The van der Waals surface area contributed by atoms with E-state index in [0.717, 1.165) is 38.4 Å². The highest BCUT2D eigenvalue weighted by Crippen LogP contribution is 2.15. The molecule has 8 heteroatoms. The van der Waals surface area contributed by atoms with Crippen LogP contribution in [0, 0.1) is 0 Å². The minimum Gasteiger partial charge on any atom is -0.376 e. The number of aromatic nitrogens is 2. The van der Waals surface area contributed by atoms with Gasteiger partial charge in [-0.05, 0) is 37.1 Å². The molecule has 2 fully saturated rings. The predicted octanol–water partition coefficient (Wildman–Crippen LogP) is 1.35. The fourth-order valence-corrected chi connectivity index (χ4v) is 3.65. The second-order valence-corrected chi connectivity index (χ2v) is 7.24. The fraction of sp³-hybridized carbons (Fsp3) is 0.429. The Morgan fingerprint density at radius 2 is 1.97 bits per heavy atom. The number of hydrogen-bond donors (Lipinski definition) is 1. The summed E-state index contributed by atoms with van der Waals surface area (Å²) >= 11 is 0. The van der Waals surface area contributed by atoms with Crippen LogP contribution < -0.4 is 10.2 Å². The van der Waals surface area contributed by atoms with Crippen molar-refractivity contribution in [1.82, 2.24) is 20.2 Å². The molecule has 8 nitrogen and oxygen atoms in total. The molecule has 29 heavy (non-hydrogen) atoms. The second-order valence-electron chi connectivity index (χ2n) is 7.24. The molecule has 0 saturated carbocycles. The largest absolute Gasteiger partial charge is 0.376 e. The Morgan fingerprint density at radius 1 is 1.10 bits per heavy atom. The van der Waals surface area contributed by atoms with Crippen LogP contribution >= 0.6 is 0 Å². The summed E-state index contributed by atoms with van der Waals surface area (Å²) in [6, 6.07) is 9.05. The molecule has 1 atom stereocenters. The van der Waals surface area contributed by atoms with E-state index < -0.39 is 0 Å². The fourth-order valence-electron chi connectivity index (χ4n) is 3.65. The van der Waals surface area contributed by atoms with E-state index in [1.807, 2.05) is 23.1 Å². The van der Waals surface area contributed by atoms with Crippen LogP contribution in [0.2, 0.25) is 0 Å². The first-order valence-corrected chi connectivity index (χ1v) is 10.0. The van der Waals surface area contributed by atoms with Crippen molar-refractivity contribution in [3.63, 3.8) is 0 Å². The quantitative estimate of drug-likeness (QED) is 0.822. The molecule has 2 aromatic rings. The third-order valence-corrected chi connectivity index (χ3v) is 5.29. The molecular formula is C21H25N5O3. The highest BCUT2D eigenvalue weighted by Gasteiger charge is 2.24. The van der Waals surface area contributed by atoms with Crippen LogP contribution in [-0.4, -0.2) is 72.1 Å². The van der Waals surface area contributed by atoms with E-state index in [2.05, 4.69) is 20.2 Å². The van der Waals surface area contributed by atoms with Crippen LogP contribution in [0.3, 0.4) is 0 Å². The first-order valence-electron chi connectivity index (χ1n) is 10.0. The Hall–Kier alpha value is -3.00. The maximum Gasteiger partial charge on any atom is 0.269 e. The number of nitrogens with zero attached hydrogens (tertiary/aromatic N) is 4. The van der Waals surface area contributed by atoms with Crippen molar-refractivity contribution in [2.75, 3.05) is 44.2 Å². The molecule has 0 spiro atoms. The summed E-state index contributed by atoms with van der Waals surface area (Å²) in [6.45, 7) is 3.88. The summed E-state index contributed by atoms with van der Waals surface area (Å²) in [5, 5.41) is 2.85. The number of carbonyl (C=O) groups excluding carboxylic acids is 2. The van der Waals surface area contributed by atoms with Gasteiger partial charge in [-0.2, -0.15) is 0 Å². The van der Waals surface area contributed by atoms with Gasteiger partial charge in [-0.15, -0.1) is 0 Å². The number of piperazine rings is 1. The van der Waals surface area contributed by atoms with Crippen LogP contribution in [0.4, 0.5) is 5.82 Å². The number of carbonyl (C=O) groups is 2. The minimum absolute atomic E-state index is 0.0687. The highest BCUT2D eigenvalue weighted by atomic mass is 16.5. The van der Waals surface area contributed by atoms with Gasteiger partial charge < -0.3 is 19.9 Å². The monoisotopic (exact) mass is 395 g/mol. The van der Waals surface area contributed by atoms with E-state index in [4.69, 9.17) is 4.74 Å². The van der Waals surface area contributed by atoms with Crippen molar-refractivity contribution in [1.29, 1.82) is 0 Å². The number of nitrogens with one attached hydrogen (secondary N) is 1. The Kier molecular flexibility index (Phi) is 6.00. The van der Waals surface area contributed by atoms with E-state index in [0.29, 0.717) is 25.2 Å². The number of rotatable bonds is 5. The molecule has 4 rings (SSSR count). The van der Waals surface area contributed by atoms with Gasteiger partial charge in [0.05, 0.1) is 6.10 Å². The zero-order valence-electron chi connectivity index (χ0n) is 16.3. The molecule has 1 N–H and O–H groups in total. The van der Waals surface area contributed by atoms with Crippen LogP contribution in [0.5, 0.6) is 0 Å². The Bertz CT molecular complexity index is 846. The van der Waals surface area contributed by atoms with Crippen LogP contribution in [0.15, 0.2) is 42.7 Å². The first-order chi connectivity index (χ1) is 14.2. The lowest BCUT2D eigenvalue weighted by Crippen LogP contribution is -2.49. The topological polar surface area (TPSA) is 87.7 Å². The second kappa shape index (κ2) is 9.00. The van der Waals surface area contributed by atoms with E-state index in [1.165, 1.54) is 6.20 Å². The number of ether oxygens (including phenoxy) is 1. The van der Waals surface area contributed by atoms with Crippen molar-refractivity contribution < 1.29 is 14.3 Å². The number of hydrogen-bond acceptors (Lipinski definition) is 6. The molecule has 0 aromatic carbocycles. The van der Waals surface area contributed by atoms with Gasteiger partial charge in [0, 0.05) is 57.3 Å². The zero-order chi connectivity index (χ0) is 20.1. The van der Waals surface area contributed by atoms with Crippen molar-refractivity contribution in [2.24, 2.45) is 0 Å². The van der Waals surface area contributed by atoms with Crippen molar-refractivity contribution in [2.45, 2.75) is 18.9 Å². The normalized spacial score (nSPS) is 19.2. The molecule has 0 bridgehead atoms. The van der Waals surface area contributed by atoms with Crippen LogP contribution in [0.25, 0.3) is 0 Å². The van der Waals surface area contributed by atoms with Crippen LogP contribution in [-0.2, 0) is 4.74 Å². The van der Waals surface area contributed by atoms with Crippen molar-refractivity contribution >= 4 is 17.6 Å². The van der Waals surface area contributed by atoms with Gasteiger partial charge in [-0.1, -0.05) is 6.07 Å². The SMILES string of the molecule is O=C(NCC1CCCO1)c1cc(C(=O)N2CCN(c3ccccn3)CC2)ccn1. The zero-order valence-corrected chi connectivity index (χ0v) is 16.3. The number of anilines is 1. The van der Waals surface area contributed by atoms with Gasteiger partial charge in [0.25, 0.3) is 11.8 Å².